The summed E-state index contributed by atoms with van der Waals surface area (Å²) in [5.41, 5.74) is -0.220. The van der Waals surface area contributed by atoms with Crippen LogP contribution in [-0.2, 0) is 33.4 Å². The Bertz CT molecular complexity index is 1220. The van der Waals surface area contributed by atoms with E-state index in [1.54, 1.807) is 6.07 Å². The van der Waals surface area contributed by atoms with Gasteiger partial charge in [0.25, 0.3) is 11.8 Å². The van der Waals surface area contributed by atoms with E-state index in [9.17, 15) is 28.0 Å². The second kappa shape index (κ2) is 8.87. The van der Waals surface area contributed by atoms with E-state index < -0.39 is 40.3 Å². The Morgan fingerprint density at radius 1 is 1.18 bits per heavy atom. The minimum absolute atomic E-state index is 0.0639. The summed E-state index contributed by atoms with van der Waals surface area (Å²) in [4.78, 5) is 49.9. The molecule has 4 amide bonds. The minimum Gasteiger partial charge on any atom is -0.346 e. The number of carbonyl (C=O) groups is 4. The van der Waals surface area contributed by atoms with Gasteiger partial charge in [0.1, 0.15) is 21.7 Å². The van der Waals surface area contributed by atoms with Gasteiger partial charge in [-0.05, 0) is 23.6 Å². The molecular weight excluding hydrogens is 465 g/mol. The van der Waals surface area contributed by atoms with Crippen LogP contribution in [0, 0.1) is 0 Å². The molecule has 0 aliphatic carbocycles. The van der Waals surface area contributed by atoms with E-state index in [2.05, 4.69) is 10.6 Å². The fraction of sp³-hybridized carbons (Fsp3) is 0.273. The lowest BCUT2D eigenvalue weighted by Gasteiger charge is -2.29. The monoisotopic (exact) mass is 481 g/mol. The smallest absolute Gasteiger partial charge is 0.346 e. The van der Waals surface area contributed by atoms with Crippen molar-refractivity contribution in [2.45, 2.75) is 37.9 Å². The first-order valence-corrected chi connectivity index (χ1v) is 10.6. The Morgan fingerprint density at radius 2 is 1.85 bits per heavy atom. The molecule has 2 aromatic carbocycles. The summed E-state index contributed by atoms with van der Waals surface area (Å²) in [7, 11) is 11.2. The number of fused-ring (bicyclic) bond motifs is 1. The molecule has 34 heavy (non-hydrogen) atoms. The number of nitrogens with one attached hydrogen (secondary N) is 2. The summed E-state index contributed by atoms with van der Waals surface area (Å²) in [6, 6.07) is 6.03. The zero-order valence-corrected chi connectivity index (χ0v) is 18.4. The second-order valence-corrected chi connectivity index (χ2v) is 8.54. The maximum absolute atomic E-state index is 14.8. The van der Waals surface area contributed by atoms with Gasteiger partial charge in [-0.3, -0.25) is 24.5 Å². The van der Waals surface area contributed by atoms with Gasteiger partial charge in [0.05, 0.1) is 0 Å². The van der Waals surface area contributed by atoms with Crippen molar-refractivity contribution < 1.29 is 28.0 Å². The van der Waals surface area contributed by atoms with Gasteiger partial charge < -0.3 is 10.2 Å². The molecule has 1 unspecified atom stereocenters. The molecule has 2 aromatic rings. The van der Waals surface area contributed by atoms with Gasteiger partial charge in [0.2, 0.25) is 11.8 Å². The largest absolute Gasteiger partial charge is 0.348 e. The summed E-state index contributed by atoms with van der Waals surface area (Å²) >= 11 is 5.75. The lowest BCUT2D eigenvalue weighted by molar-refractivity contribution is -0.147. The third kappa shape index (κ3) is 4.32. The summed E-state index contributed by atoms with van der Waals surface area (Å²) < 4.78 is 29.5. The number of imide groups is 1. The first-order valence-electron chi connectivity index (χ1n) is 10.3. The van der Waals surface area contributed by atoms with Crippen molar-refractivity contribution in [1.82, 2.24) is 15.5 Å². The van der Waals surface area contributed by atoms with E-state index >= 15 is 0 Å². The molecule has 7 nitrogen and oxygen atoms in total. The highest BCUT2D eigenvalue weighted by Crippen LogP contribution is 2.29. The standard InChI is InChI=1S/C22H16B2ClF2N3O4/c23-14-6-12(25)7-15(24)18(14)22(26,27)21(34)28-8-10-1-2-13-11(5-10)9-30(20(13)33)16-3-4-17(31)29-19(16)32/h1-2,5-7,16H,3-4,8-9H2,(H,28,34)(H,29,31,32). The molecule has 0 aromatic heterocycles. The molecule has 2 aliphatic rings. The highest BCUT2D eigenvalue weighted by Gasteiger charge is 2.43. The van der Waals surface area contributed by atoms with Crippen molar-refractivity contribution in [1.29, 1.82) is 0 Å². The number of alkyl halides is 2. The number of halogens is 3. The Morgan fingerprint density at radius 3 is 2.50 bits per heavy atom. The number of amides is 4. The van der Waals surface area contributed by atoms with Gasteiger partial charge in [0.15, 0.2) is 0 Å². The lowest BCUT2D eigenvalue weighted by atomic mass is 9.78. The van der Waals surface area contributed by atoms with Crippen LogP contribution in [0.1, 0.15) is 39.9 Å². The number of benzene rings is 2. The summed E-state index contributed by atoms with van der Waals surface area (Å²) in [6.07, 6.45) is 0.351. The fourth-order valence-electron chi connectivity index (χ4n) is 4.16. The first-order chi connectivity index (χ1) is 16.0. The van der Waals surface area contributed by atoms with Crippen molar-refractivity contribution in [3.8, 4) is 0 Å². The molecule has 12 heteroatoms. The van der Waals surface area contributed by atoms with Crippen LogP contribution in [0.5, 0.6) is 0 Å². The average Bonchev–Trinajstić information content (AvgIpc) is 3.06. The SMILES string of the molecule is [B]c1cc(Cl)cc([B])c1C(F)(F)C(=O)NCc1ccc2c(c1)CN(C1CCC(=O)NC1=O)C2=O. The molecule has 1 fully saturated rings. The van der Waals surface area contributed by atoms with E-state index in [0.717, 1.165) is 12.1 Å². The Kier molecular flexibility index (Phi) is 6.24. The molecular formula is C22H16B2ClF2N3O4. The second-order valence-electron chi connectivity index (χ2n) is 8.11. The molecule has 1 atom stereocenters. The number of rotatable bonds is 5. The third-order valence-corrected chi connectivity index (χ3v) is 6.02. The van der Waals surface area contributed by atoms with Crippen LogP contribution < -0.4 is 21.6 Å². The zero-order valence-electron chi connectivity index (χ0n) is 17.7. The van der Waals surface area contributed by atoms with Crippen LogP contribution in [0.4, 0.5) is 8.78 Å². The van der Waals surface area contributed by atoms with Crippen LogP contribution in [0.3, 0.4) is 0 Å². The van der Waals surface area contributed by atoms with Gasteiger partial charge in [-0.2, -0.15) is 8.78 Å². The van der Waals surface area contributed by atoms with Crippen molar-refractivity contribution in [2.24, 2.45) is 0 Å². The molecule has 4 rings (SSSR count). The van der Waals surface area contributed by atoms with Crippen LogP contribution >= 0.6 is 11.6 Å². The number of hydrogen-bond acceptors (Lipinski definition) is 4. The van der Waals surface area contributed by atoms with Gasteiger partial charge in [-0.1, -0.05) is 46.8 Å². The van der Waals surface area contributed by atoms with Crippen molar-refractivity contribution in [3.63, 3.8) is 0 Å². The highest BCUT2D eigenvalue weighted by molar-refractivity contribution is 6.43. The predicted molar refractivity (Wildman–Crippen MR) is 120 cm³/mol. The Balaban J connectivity index is 1.46. The summed E-state index contributed by atoms with van der Waals surface area (Å²) in [6.45, 7) is -0.127. The van der Waals surface area contributed by atoms with E-state index in [1.165, 1.54) is 17.0 Å². The zero-order chi connectivity index (χ0) is 24.8. The van der Waals surface area contributed by atoms with Gasteiger partial charge in [-0.25, -0.2) is 0 Å². The Labute approximate surface area is 201 Å². The van der Waals surface area contributed by atoms with Crippen LogP contribution in [0.2, 0.25) is 5.02 Å². The molecule has 0 bridgehead atoms. The van der Waals surface area contributed by atoms with Crippen molar-refractivity contribution in [2.75, 3.05) is 0 Å². The molecule has 2 heterocycles. The quantitative estimate of drug-likeness (QED) is 0.468. The fourth-order valence-corrected chi connectivity index (χ4v) is 4.39. The number of carbonyl (C=O) groups excluding carboxylic acids is 4. The normalized spacial score (nSPS) is 18.0. The van der Waals surface area contributed by atoms with Gasteiger partial charge in [-0.15, -0.1) is 0 Å². The maximum atomic E-state index is 14.8. The van der Waals surface area contributed by atoms with Crippen LogP contribution in [0.25, 0.3) is 0 Å². The van der Waals surface area contributed by atoms with E-state index in [0.29, 0.717) is 16.7 Å². The van der Waals surface area contributed by atoms with Gasteiger partial charge in [0, 0.05) is 35.7 Å². The number of piperidine rings is 1. The lowest BCUT2D eigenvalue weighted by Crippen LogP contribution is -2.52. The molecule has 4 radical (unpaired) electrons. The minimum atomic E-state index is -4.01. The number of hydrogen-bond donors (Lipinski definition) is 2. The van der Waals surface area contributed by atoms with Crippen molar-refractivity contribution >= 4 is 61.8 Å². The third-order valence-electron chi connectivity index (χ3n) is 5.80. The molecule has 1 saturated heterocycles. The summed E-state index contributed by atoms with van der Waals surface area (Å²) in [5, 5.41) is 4.45. The van der Waals surface area contributed by atoms with Crippen molar-refractivity contribution in [3.05, 3.63) is 57.6 Å². The van der Waals surface area contributed by atoms with E-state index in [-0.39, 0.29) is 42.8 Å². The van der Waals surface area contributed by atoms with Gasteiger partial charge >= 0.3 is 5.92 Å². The topological polar surface area (TPSA) is 95.6 Å². The molecule has 2 aliphatic heterocycles. The predicted octanol–water partition coefficient (Wildman–Crippen LogP) is 0.0968. The Hall–Kier alpha value is -3.20. The number of nitrogens with zero attached hydrogens (tertiary/aromatic N) is 1. The van der Waals surface area contributed by atoms with Crippen LogP contribution in [-0.4, -0.2) is 50.3 Å². The average molecular weight is 481 g/mol. The van der Waals surface area contributed by atoms with Crippen LogP contribution in [0.15, 0.2) is 30.3 Å². The molecule has 0 spiro atoms. The molecule has 2 N–H and O–H groups in total. The maximum Gasteiger partial charge on any atom is 0.348 e. The summed E-state index contributed by atoms with van der Waals surface area (Å²) in [5.74, 6) is -6.89. The van der Waals surface area contributed by atoms with E-state index in [4.69, 9.17) is 27.3 Å². The van der Waals surface area contributed by atoms with E-state index in [1.807, 2.05) is 0 Å². The highest BCUT2D eigenvalue weighted by atomic mass is 35.5. The first kappa shape index (κ1) is 23.9. The molecule has 170 valence electrons. The molecule has 0 saturated carbocycles.